The van der Waals surface area contributed by atoms with Crippen LogP contribution in [0.4, 0.5) is 0 Å². The van der Waals surface area contributed by atoms with Crippen LogP contribution in [0.25, 0.3) is 10.9 Å². The summed E-state index contributed by atoms with van der Waals surface area (Å²) in [5, 5.41) is 0.997. The molecule has 2 aromatic rings. The van der Waals surface area contributed by atoms with Crippen LogP contribution in [0.3, 0.4) is 0 Å². The van der Waals surface area contributed by atoms with Crippen LogP contribution in [0, 0.1) is 0 Å². The molecule has 0 aliphatic heterocycles. The maximum atomic E-state index is 11.6. The van der Waals surface area contributed by atoms with Gasteiger partial charge in [-0.1, -0.05) is 18.2 Å². The number of fused-ring (bicyclic) bond motifs is 1. The van der Waals surface area contributed by atoms with E-state index in [2.05, 4.69) is 15.8 Å². The van der Waals surface area contributed by atoms with E-state index in [0.717, 1.165) is 16.5 Å². The lowest BCUT2D eigenvalue weighted by Crippen LogP contribution is -2.42. The molecule has 0 bridgehead atoms. The molecular weight excluding hydrogens is 254 g/mol. The lowest BCUT2D eigenvalue weighted by atomic mass is 10.1. The molecule has 0 saturated heterocycles. The lowest BCUT2D eigenvalue weighted by molar-refractivity contribution is -0.127. The number of H-pyrrole nitrogens is 1. The third-order valence-corrected chi connectivity index (χ3v) is 2.73. The van der Waals surface area contributed by atoms with Gasteiger partial charge in [0, 0.05) is 17.1 Å². The first-order chi connectivity index (χ1) is 8.70. The molecular formula is C12H12ClN3O2. The molecule has 2 amide bonds. The molecule has 94 valence electrons. The van der Waals surface area contributed by atoms with Gasteiger partial charge in [0.25, 0.3) is 5.91 Å². The van der Waals surface area contributed by atoms with Gasteiger partial charge in [-0.15, -0.1) is 11.6 Å². The van der Waals surface area contributed by atoms with Gasteiger partial charge >= 0.3 is 0 Å². The van der Waals surface area contributed by atoms with E-state index in [9.17, 15) is 9.59 Å². The topological polar surface area (TPSA) is 74.0 Å². The molecule has 1 aromatic heterocycles. The van der Waals surface area contributed by atoms with Crippen molar-refractivity contribution in [3.8, 4) is 0 Å². The van der Waals surface area contributed by atoms with E-state index in [0.29, 0.717) is 0 Å². The summed E-state index contributed by atoms with van der Waals surface area (Å²) in [5.41, 5.74) is 6.37. The first kappa shape index (κ1) is 12.4. The number of amides is 2. The Labute approximate surface area is 108 Å². The van der Waals surface area contributed by atoms with E-state index in [1.54, 1.807) is 6.20 Å². The summed E-state index contributed by atoms with van der Waals surface area (Å²) in [7, 11) is 0. The zero-order valence-electron chi connectivity index (χ0n) is 9.50. The Morgan fingerprint density at radius 3 is 2.67 bits per heavy atom. The maximum absolute atomic E-state index is 11.6. The van der Waals surface area contributed by atoms with E-state index in [-0.39, 0.29) is 18.2 Å². The van der Waals surface area contributed by atoms with Crippen molar-refractivity contribution < 1.29 is 9.59 Å². The minimum absolute atomic E-state index is 0.187. The highest BCUT2D eigenvalue weighted by Crippen LogP contribution is 2.17. The Morgan fingerprint density at radius 1 is 1.17 bits per heavy atom. The van der Waals surface area contributed by atoms with Gasteiger partial charge in [0.1, 0.15) is 5.88 Å². The number of benzene rings is 1. The molecule has 5 nitrogen and oxygen atoms in total. The number of halogens is 1. The number of aromatic amines is 1. The van der Waals surface area contributed by atoms with Gasteiger partial charge in [-0.05, 0) is 11.6 Å². The number of rotatable bonds is 3. The van der Waals surface area contributed by atoms with Gasteiger partial charge in [-0.3, -0.25) is 20.4 Å². The molecule has 0 aliphatic carbocycles. The molecule has 0 radical (unpaired) electrons. The van der Waals surface area contributed by atoms with Crippen LogP contribution in [-0.2, 0) is 16.0 Å². The Hall–Kier alpha value is -2.01. The standard InChI is InChI=1S/C12H12ClN3O2/c13-6-12(18)16-15-11(17)5-8-7-14-10-4-2-1-3-9(8)10/h1-4,7,14H,5-6H2,(H,15,17)(H,16,18). The van der Waals surface area contributed by atoms with E-state index in [4.69, 9.17) is 11.6 Å². The smallest absolute Gasteiger partial charge is 0.253 e. The number of alkyl halides is 1. The Morgan fingerprint density at radius 2 is 1.89 bits per heavy atom. The normalized spacial score (nSPS) is 10.3. The number of hydrogen-bond acceptors (Lipinski definition) is 2. The fourth-order valence-electron chi connectivity index (χ4n) is 1.67. The highest BCUT2D eigenvalue weighted by molar-refractivity contribution is 6.27. The SMILES string of the molecule is O=C(CCl)NNC(=O)Cc1c[nH]c2ccccc12. The summed E-state index contributed by atoms with van der Waals surface area (Å²) in [6, 6.07) is 7.70. The highest BCUT2D eigenvalue weighted by atomic mass is 35.5. The van der Waals surface area contributed by atoms with Crippen LogP contribution < -0.4 is 10.9 Å². The van der Waals surface area contributed by atoms with Gasteiger partial charge in [-0.2, -0.15) is 0 Å². The quantitative estimate of drug-likeness (QED) is 0.574. The van der Waals surface area contributed by atoms with Crippen molar-refractivity contribution in [2.75, 3.05) is 5.88 Å². The summed E-state index contributed by atoms with van der Waals surface area (Å²) in [4.78, 5) is 25.5. The molecule has 6 heteroatoms. The zero-order valence-corrected chi connectivity index (χ0v) is 10.3. The number of carbonyl (C=O) groups excluding carboxylic acids is 2. The molecule has 3 N–H and O–H groups in total. The molecule has 0 aliphatic rings. The van der Waals surface area contributed by atoms with Crippen molar-refractivity contribution in [1.29, 1.82) is 0 Å². The number of aromatic nitrogens is 1. The zero-order chi connectivity index (χ0) is 13.0. The molecule has 2 rings (SSSR count). The predicted molar refractivity (Wildman–Crippen MR) is 69.0 cm³/mol. The van der Waals surface area contributed by atoms with E-state index < -0.39 is 5.91 Å². The van der Waals surface area contributed by atoms with Crippen molar-refractivity contribution in [3.05, 3.63) is 36.0 Å². The summed E-state index contributed by atoms with van der Waals surface area (Å²) in [6.07, 6.45) is 1.97. The average Bonchev–Trinajstić information content (AvgIpc) is 2.79. The van der Waals surface area contributed by atoms with Crippen LogP contribution >= 0.6 is 11.6 Å². The largest absolute Gasteiger partial charge is 0.361 e. The number of para-hydroxylation sites is 1. The second kappa shape index (κ2) is 5.55. The molecule has 0 fully saturated rings. The number of hydrogen-bond donors (Lipinski definition) is 3. The fraction of sp³-hybridized carbons (Fsp3) is 0.167. The summed E-state index contributed by atoms with van der Waals surface area (Å²) in [5.74, 6) is -0.921. The van der Waals surface area contributed by atoms with Gasteiger partial charge in [-0.25, -0.2) is 0 Å². The first-order valence-electron chi connectivity index (χ1n) is 5.39. The molecule has 0 spiro atoms. The van der Waals surface area contributed by atoms with Crippen molar-refractivity contribution in [1.82, 2.24) is 15.8 Å². The Kier molecular flexibility index (Phi) is 3.84. The van der Waals surface area contributed by atoms with Gasteiger partial charge in [0.15, 0.2) is 0 Å². The van der Waals surface area contributed by atoms with E-state index >= 15 is 0 Å². The Balaban J connectivity index is 2.01. The molecule has 1 heterocycles. The number of carbonyl (C=O) groups is 2. The molecule has 0 saturated carbocycles. The second-order valence-electron chi connectivity index (χ2n) is 3.77. The lowest BCUT2D eigenvalue weighted by Gasteiger charge is -2.04. The number of nitrogens with one attached hydrogen (secondary N) is 3. The molecule has 0 unspecified atom stereocenters. The van der Waals surface area contributed by atoms with Crippen molar-refractivity contribution in [3.63, 3.8) is 0 Å². The minimum atomic E-state index is -0.441. The van der Waals surface area contributed by atoms with Gasteiger partial charge < -0.3 is 4.98 Å². The Bertz CT molecular complexity index is 579. The van der Waals surface area contributed by atoms with Crippen LogP contribution in [0.15, 0.2) is 30.5 Å². The predicted octanol–water partition coefficient (Wildman–Crippen LogP) is 1.10. The number of hydrazine groups is 1. The molecule has 1 aromatic carbocycles. The van der Waals surface area contributed by atoms with Crippen LogP contribution in [0.2, 0.25) is 0 Å². The monoisotopic (exact) mass is 265 g/mol. The van der Waals surface area contributed by atoms with Crippen molar-refractivity contribution in [2.24, 2.45) is 0 Å². The van der Waals surface area contributed by atoms with Crippen molar-refractivity contribution >= 4 is 34.3 Å². The molecule has 0 atom stereocenters. The highest BCUT2D eigenvalue weighted by Gasteiger charge is 2.08. The van der Waals surface area contributed by atoms with Crippen LogP contribution in [0.5, 0.6) is 0 Å². The maximum Gasteiger partial charge on any atom is 0.253 e. The summed E-state index contributed by atoms with van der Waals surface area (Å²) in [6.45, 7) is 0. The third-order valence-electron chi connectivity index (χ3n) is 2.49. The fourth-order valence-corrected chi connectivity index (χ4v) is 1.73. The first-order valence-corrected chi connectivity index (χ1v) is 5.93. The van der Waals surface area contributed by atoms with Gasteiger partial charge in [0.05, 0.1) is 6.42 Å². The van der Waals surface area contributed by atoms with Crippen molar-refractivity contribution in [2.45, 2.75) is 6.42 Å². The van der Waals surface area contributed by atoms with Crippen LogP contribution in [0.1, 0.15) is 5.56 Å². The van der Waals surface area contributed by atoms with Crippen LogP contribution in [-0.4, -0.2) is 22.7 Å². The molecule has 18 heavy (non-hydrogen) atoms. The minimum Gasteiger partial charge on any atom is -0.361 e. The van der Waals surface area contributed by atoms with E-state index in [1.807, 2.05) is 24.3 Å². The third kappa shape index (κ3) is 2.81. The van der Waals surface area contributed by atoms with E-state index in [1.165, 1.54) is 0 Å². The van der Waals surface area contributed by atoms with Gasteiger partial charge in [0.2, 0.25) is 5.91 Å². The summed E-state index contributed by atoms with van der Waals surface area (Å²) < 4.78 is 0. The average molecular weight is 266 g/mol. The summed E-state index contributed by atoms with van der Waals surface area (Å²) >= 11 is 5.29. The second-order valence-corrected chi connectivity index (χ2v) is 4.03.